The van der Waals surface area contributed by atoms with Crippen molar-refractivity contribution < 1.29 is 4.74 Å². The summed E-state index contributed by atoms with van der Waals surface area (Å²) in [5, 5.41) is 1.17. The number of H-pyrrole nitrogens is 1. The normalized spacial score (nSPS) is 24.1. The lowest BCUT2D eigenvalue weighted by Gasteiger charge is -2.42. The molecule has 22 heavy (non-hydrogen) atoms. The number of ether oxygens (including phenoxy) is 1. The van der Waals surface area contributed by atoms with Gasteiger partial charge in [-0.3, -0.25) is 4.90 Å². The maximum atomic E-state index is 5.36. The van der Waals surface area contributed by atoms with Crippen LogP contribution in [0.3, 0.4) is 0 Å². The summed E-state index contributed by atoms with van der Waals surface area (Å²) >= 11 is 0. The molecule has 5 rings (SSSR count). The Hall–Kier alpha value is -1.92. The van der Waals surface area contributed by atoms with E-state index in [1.165, 1.54) is 30.3 Å². The third kappa shape index (κ3) is 1.80. The van der Waals surface area contributed by atoms with Crippen molar-refractivity contribution in [3.8, 4) is 0 Å². The van der Waals surface area contributed by atoms with Crippen LogP contribution in [0.5, 0.6) is 0 Å². The second-order valence-electron chi connectivity index (χ2n) is 6.37. The Morgan fingerprint density at radius 1 is 1.23 bits per heavy atom. The lowest BCUT2D eigenvalue weighted by molar-refractivity contribution is -0.0750. The molecule has 0 spiro atoms. The topological polar surface area (TPSA) is 59.0 Å². The number of hydrogen-bond donors (Lipinski definition) is 1. The van der Waals surface area contributed by atoms with E-state index in [1.54, 1.807) is 0 Å². The van der Waals surface area contributed by atoms with E-state index in [-0.39, 0.29) is 0 Å². The van der Waals surface area contributed by atoms with Crippen LogP contribution in [0.1, 0.15) is 18.9 Å². The fraction of sp³-hybridized carbons (Fsp3) is 0.500. The first-order chi connectivity index (χ1) is 10.9. The van der Waals surface area contributed by atoms with E-state index >= 15 is 0 Å². The van der Waals surface area contributed by atoms with Gasteiger partial charge in [-0.15, -0.1) is 0 Å². The second kappa shape index (κ2) is 4.79. The van der Waals surface area contributed by atoms with Gasteiger partial charge in [0.15, 0.2) is 0 Å². The lowest BCUT2D eigenvalue weighted by Crippen LogP contribution is -2.52. The first-order valence-corrected chi connectivity index (χ1v) is 8.00. The SMILES string of the molecule is c1cc2c(ncc3ncn(C4CCCN(C5COC5)C4)c32)[nH]1. The molecule has 2 saturated heterocycles. The van der Waals surface area contributed by atoms with Crippen LogP contribution in [0, 0.1) is 0 Å². The van der Waals surface area contributed by atoms with Crippen molar-refractivity contribution in [1.82, 2.24) is 24.4 Å². The average molecular weight is 297 g/mol. The van der Waals surface area contributed by atoms with E-state index in [2.05, 4.69) is 30.5 Å². The van der Waals surface area contributed by atoms with Crippen molar-refractivity contribution in [3.63, 3.8) is 0 Å². The number of likely N-dealkylation sites (tertiary alicyclic amines) is 1. The molecule has 2 aliphatic rings. The van der Waals surface area contributed by atoms with Gasteiger partial charge in [0.05, 0.1) is 37.3 Å². The highest BCUT2D eigenvalue weighted by Gasteiger charge is 2.31. The number of aromatic nitrogens is 4. The molecule has 0 saturated carbocycles. The van der Waals surface area contributed by atoms with E-state index in [1.807, 2.05) is 18.7 Å². The first-order valence-electron chi connectivity index (χ1n) is 8.00. The van der Waals surface area contributed by atoms with Gasteiger partial charge in [-0.1, -0.05) is 0 Å². The number of rotatable bonds is 2. The maximum absolute atomic E-state index is 5.36. The maximum Gasteiger partial charge on any atom is 0.139 e. The number of pyridine rings is 1. The Morgan fingerprint density at radius 2 is 2.18 bits per heavy atom. The number of imidazole rings is 1. The highest BCUT2D eigenvalue weighted by atomic mass is 16.5. The smallest absolute Gasteiger partial charge is 0.139 e. The first kappa shape index (κ1) is 12.6. The van der Waals surface area contributed by atoms with Crippen LogP contribution in [-0.4, -0.2) is 56.8 Å². The van der Waals surface area contributed by atoms with E-state index in [4.69, 9.17) is 4.74 Å². The third-order valence-electron chi connectivity index (χ3n) is 5.08. The average Bonchev–Trinajstić information content (AvgIpc) is 3.11. The zero-order valence-corrected chi connectivity index (χ0v) is 12.4. The Balaban J connectivity index is 1.56. The molecule has 114 valence electrons. The zero-order chi connectivity index (χ0) is 14.5. The molecule has 0 amide bonds. The van der Waals surface area contributed by atoms with Crippen LogP contribution in [0.15, 0.2) is 24.8 Å². The number of nitrogens with zero attached hydrogens (tertiary/aromatic N) is 4. The van der Waals surface area contributed by atoms with E-state index in [9.17, 15) is 0 Å². The number of aromatic amines is 1. The minimum absolute atomic E-state index is 0.486. The van der Waals surface area contributed by atoms with E-state index in [0.29, 0.717) is 12.1 Å². The molecule has 3 aromatic rings. The standard InChI is InChI=1S/C16H19N5O/c1-2-11(7-20(5-1)12-8-22-9-12)21-10-19-14-6-18-16-13(15(14)21)3-4-17-16/h3-4,6,10-12H,1-2,5,7-9H2,(H,17,18). The fourth-order valence-electron chi connectivity index (χ4n) is 3.78. The molecule has 6 nitrogen and oxygen atoms in total. The highest BCUT2D eigenvalue weighted by Crippen LogP contribution is 2.30. The van der Waals surface area contributed by atoms with Crippen LogP contribution in [-0.2, 0) is 4.74 Å². The van der Waals surface area contributed by atoms with Crippen LogP contribution in [0.25, 0.3) is 22.1 Å². The molecule has 1 N–H and O–H groups in total. The highest BCUT2D eigenvalue weighted by molar-refractivity contribution is 6.00. The second-order valence-corrected chi connectivity index (χ2v) is 6.37. The molecule has 1 atom stereocenters. The van der Waals surface area contributed by atoms with Gasteiger partial charge in [0.2, 0.25) is 0 Å². The summed E-state index contributed by atoms with van der Waals surface area (Å²) in [5.41, 5.74) is 3.13. The summed E-state index contributed by atoms with van der Waals surface area (Å²) < 4.78 is 7.72. The van der Waals surface area contributed by atoms with Gasteiger partial charge < -0.3 is 14.3 Å². The Labute approximate surface area is 128 Å². The molecule has 2 fully saturated rings. The van der Waals surface area contributed by atoms with Gasteiger partial charge in [0.1, 0.15) is 11.2 Å². The molecule has 0 aromatic carbocycles. The minimum Gasteiger partial charge on any atom is -0.378 e. The molecule has 0 bridgehead atoms. The molecule has 0 radical (unpaired) electrons. The van der Waals surface area contributed by atoms with Crippen molar-refractivity contribution in [2.45, 2.75) is 24.9 Å². The number of hydrogen-bond acceptors (Lipinski definition) is 4. The summed E-state index contributed by atoms with van der Waals surface area (Å²) in [6.45, 7) is 4.07. The van der Waals surface area contributed by atoms with E-state index < -0.39 is 0 Å². The fourth-order valence-corrected chi connectivity index (χ4v) is 3.78. The molecular weight excluding hydrogens is 278 g/mol. The molecule has 3 aromatic heterocycles. The lowest BCUT2D eigenvalue weighted by atomic mass is 10.0. The van der Waals surface area contributed by atoms with Crippen molar-refractivity contribution in [2.75, 3.05) is 26.3 Å². The van der Waals surface area contributed by atoms with Crippen molar-refractivity contribution in [1.29, 1.82) is 0 Å². The van der Waals surface area contributed by atoms with Gasteiger partial charge >= 0.3 is 0 Å². The molecular formula is C16H19N5O. The summed E-state index contributed by atoms with van der Waals surface area (Å²) in [7, 11) is 0. The quantitative estimate of drug-likeness (QED) is 0.785. The van der Waals surface area contributed by atoms with Crippen LogP contribution in [0.4, 0.5) is 0 Å². The molecule has 1 unspecified atom stereocenters. The van der Waals surface area contributed by atoms with Gasteiger partial charge in [-0.25, -0.2) is 9.97 Å². The molecule has 0 aliphatic carbocycles. The third-order valence-corrected chi connectivity index (χ3v) is 5.08. The largest absolute Gasteiger partial charge is 0.378 e. The van der Waals surface area contributed by atoms with Gasteiger partial charge in [-0.05, 0) is 25.5 Å². The van der Waals surface area contributed by atoms with Gasteiger partial charge in [-0.2, -0.15) is 0 Å². The van der Waals surface area contributed by atoms with Crippen molar-refractivity contribution in [3.05, 3.63) is 24.8 Å². The number of fused-ring (bicyclic) bond motifs is 3. The Kier molecular flexibility index (Phi) is 2.75. The van der Waals surface area contributed by atoms with Crippen LogP contribution in [0.2, 0.25) is 0 Å². The summed E-state index contributed by atoms with van der Waals surface area (Å²) in [6.07, 6.45) is 8.26. The molecule has 5 heterocycles. The van der Waals surface area contributed by atoms with Gasteiger partial charge in [0, 0.05) is 24.2 Å². The van der Waals surface area contributed by atoms with Crippen LogP contribution < -0.4 is 0 Å². The summed E-state index contributed by atoms with van der Waals surface area (Å²) in [6, 6.07) is 3.20. The summed E-state index contributed by atoms with van der Waals surface area (Å²) in [4.78, 5) is 14.8. The Morgan fingerprint density at radius 3 is 3.05 bits per heavy atom. The summed E-state index contributed by atoms with van der Waals surface area (Å²) in [5.74, 6) is 0. The minimum atomic E-state index is 0.486. The Bertz CT molecular complexity index is 818. The predicted molar refractivity (Wildman–Crippen MR) is 83.8 cm³/mol. The molecule has 6 heteroatoms. The van der Waals surface area contributed by atoms with E-state index in [0.717, 1.165) is 30.9 Å². The van der Waals surface area contributed by atoms with Crippen LogP contribution >= 0.6 is 0 Å². The zero-order valence-electron chi connectivity index (χ0n) is 12.4. The monoisotopic (exact) mass is 297 g/mol. The van der Waals surface area contributed by atoms with Crippen molar-refractivity contribution in [2.24, 2.45) is 0 Å². The van der Waals surface area contributed by atoms with Gasteiger partial charge in [0.25, 0.3) is 0 Å². The van der Waals surface area contributed by atoms with Crippen molar-refractivity contribution >= 4 is 22.1 Å². The predicted octanol–water partition coefficient (Wildman–Crippen LogP) is 1.95. The number of nitrogens with one attached hydrogen (secondary N) is 1. The number of piperidine rings is 1. The molecule has 2 aliphatic heterocycles.